The van der Waals surface area contributed by atoms with Crippen molar-refractivity contribution in [3.63, 3.8) is 0 Å². The first-order chi connectivity index (χ1) is 48.7. The molecule has 0 bridgehead atoms. The molecule has 0 radical (unpaired) electrons. The molecule has 9 aromatic carbocycles. The molecule has 0 saturated carbocycles. The Balaban J connectivity index is 0.000000449. The van der Waals surface area contributed by atoms with Crippen LogP contribution in [0.4, 0.5) is 113 Å². The number of aromatic hydroxyl groups is 6. The molecule has 0 aliphatic carbocycles. The van der Waals surface area contributed by atoms with Crippen LogP contribution in [0.15, 0.2) is 182 Å². The molecule has 0 aliphatic heterocycles. The van der Waals surface area contributed by atoms with E-state index in [1.807, 2.05) is 10.6 Å². The van der Waals surface area contributed by atoms with Gasteiger partial charge in [-0.05, 0) is 180 Å². The number of hydrogen-bond donors (Lipinski definition) is 12. The van der Waals surface area contributed by atoms with E-state index < -0.39 is 178 Å². The minimum Gasteiger partial charge on any atom is -0.506 e. The first-order valence-electron chi connectivity index (χ1n) is 29.6. The molecule has 9 aromatic rings. The molecule has 9 rings (SSSR count). The number of nitrogens with two attached hydrogens (primary N) is 1. The van der Waals surface area contributed by atoms with Crippen LogP contribution in [0.25, 0.3) is 0 Å². The molecule has 17 nitrogen and oxygen atoms in total. The zero-order valence-corrected chi connectivity index (χ0v) is 53.4. The Labute approximate surface area is 579 Å². The molecule has 13 N–H and O–H groups in total. The zero-order chi connectivity index (χ0) is 78.1. The number of carbonyl (C=O) groups excluding carboxylic acids is 4. The van der Waals surface area contributed by atoms with Crippen molar-refractivity contribution in [2.75, 3.05) is 46.4 Å². The number of ether oxygens (including phenoxy) is 1. The number of hydrogen-bond acceptors (Lipinski definition) is 14. The summed E-state index contributed by atoms with van der Waals surface area (Å²) in [5, 5.41) is 71.4. The summed E-state index contributed by atoms with van der Waals surface area (Å²) < 4.78 is 271. The molecule has 0 unspecified atom stereocenters. The lowest BCUT2D eigenvalue weighted by atomic mass is 9.72. The summed E-state index contributed by atoms with van der Waals surface area (Å²) in [6, 6.07) is 22.0. The lowest BCUT2D eigenvalue weighted by molar-refractivity contribution is -0.290. The lowest BCUT2D eigenvalue weighted by Gasteiger charge is -2.38. The number of carbonyl (C=O) groups is 4. The highest BCUT2D eigenvalue weighted by Gasteiger charge is 2.75. The molecule has 0 heterocycles. The van der Waals surface area contributed by atoms with Crippen molar-refractivity contribution in [2.45, 2.75) is 60.2 Å². The predicted octanol–water partition coefficient (Wildman–Crippen LogP) is 17.3. The number of ketones is 1. The van der Waals surface area contributed by atoms with E-state index in [2.05, 4.69) is 16.0 Å². The number of phenols is 6. The van der Waals surface area contributed by atoms with Crippen molar-refractivity contribution in [2.24, 2.45) is 0 Å². The summed E-state index contributed by atoms with van der Waals surface area (Å²) in [6.07, 6.45) is -36.6. The largest absolute Gasteiger partial charge is 0.506 e. The van der Waals surface area contributed by atoms with Crippen molar-refractivity contribution in [3.05, 3.63) is 238 Å². The molecule has 0 fully saturated rings. The van der Waals surface area contributed by atoms with Gasteiger partial charge in [0.25, 0.3) is 17.7 Å². The number of benzene rings is 9. The summed E-state index contributed by atoms with van der Waals surface area (Å²) >= 11 is 0. The molecule has 0 saturated heterocycles. The van der Waals surface area contributed by atoms with E-state index >= 15 is 26.3 Å². The Morgan fingerprint density at radius 2 is 0.562 bits per heavy atom. The molecule has 3 amide bonds. The van der Waals surface area contributed by atoms with Gasteiger partial charge in [-0.2, -0.15) is 79.0 Å². The predicted molar refractivity (Wildman–Crippen MR) is 344 cm³/mol. The van der Waals surface area contributed by atoms with Gasteiger partial charge >= 0.3 is 37.1 Å². The van der Waals surface area contributed by atoms with Gasteiger partial charge in [0.1, 0.15) is 46.0 Å². The topological polar surface area (TPSA) is 285 Å². The van der Waals surface area contributed by atoms with E-state index in [0.29, 0.717) is 84.1 Å². The van der Waals surface area contributed by atoms with E-state index in [-0.39, 0.29) is 53.1 Å². The van der Waals surface area contributed by atoms with Crippen LogP contribution in [-0.4, -0.2) is 105 Å². The molecule has 35 heteroatoms. The maximum atomic E-state index is 15.4. The van der Waals surface area contributed by atoms with E-state index in [1.165, 1.54) is 62.5 Å². The van der Waals surface area contributed by atoms with E-state index in [1.54, 1.807) is 0 Å². The number of Topliss-reactive ketones (excluding diaryl/α,β-unsaturated/α-hetero) is 1. The van der Waals surface area contributed by atoms with Gasteiger partial charge in [-0.3, -0.25) is 19.2 Å². The lowest BCUT2D eigenvalue weighted by Crippen LogP contribution is -2.54. The Kier molecular flexibility index (Phi) is 21.6. The molecule has 0 spiro atoms. The van der Waals surface area contributed by atoms with Crippen LogP contribution in [0.1, 0.15) is 81.7 Å². The summed E-state index contributed by atoms with van der Waals surface area (Å²) in [5.41, 5.74) is -23.1. The first kappa shape index (κ1) is 78.5. The van der Waals surface area contributed by atoms with E-state index in [0.717, 1.165) is 37.4 Å². The minimum absolute atomic E-state index is 0.132. The van der Waals surface area contributed by atoms with Crippen molar-refractivity contribution in [1.29, 1.82) is 0 Å². The third-order valence-electron chi connectivity index (χ3n) is 16.4. The Hall–Kier alpha value is -12.2. The normalized spacial score (nSPS) is 12.5. The number of rotatable bonds is 17. The molecule has 0 aliphatic rings. The van der Waals surface area contributed by atoms with Crippen LogP contribution in [-0.2, 0) is 16.2 Å². The van der Waals surface area contributed by atoms with Gasteiger partial charge in [-0.15, -0.1) is 0 Å². The monoisotopic (exact) mass is 1490 g/mol. The number of amides is 3. The number of anilines is 6. The van der Waals surface area contributed by atoms with Crippen molar-refractivity contribution < 1.29 is 134 Å². The van der Waals surface area contributed by atoms with Gasteiger partial charge in [-0.25, -0.2) is 0 Å². The molecule has 0 atom stereocenters. The average Bonchev–Trinajstić information content (AvgIpc) is 0.727. The van der Waals surface area contributed by atoms with Gasteiger partial charge in [0.2, 0.25) is 16.2 Å². The third-order valence-corrected chi connectivity index (χ3v) is 16.4. The van der Waals surface area contributed by atoms with Crippen LogP contribution >= 0.6 is 0 Å². The second-order valence-electron chi connectivity index (χ2n) is 22.8. The average molecular weight is 1500 g/mol. The zero-order valence-electron chi connectivity index (χ0n) is 53.4. The second kappa shape index (κ2) is 28.9. The van der Waals surface area contributed by atoms with Gasteiger partial charge in [0.15, 0.2) is 5.78 Å². The van der Waals surface area contributed by atoms with Crippen molar-refractivity contribution in [3.8, 4) is 46.0 Å². The summed E-state index contributed by atoms with van der Waals surface area (Å²) in [5.74, 6) is -8.61. The van der Waals surface area contributed by atoms with Crippen LogP contribution in [0.2, 0.25) is 0 Å². The van der Waals surface area contributed by atoms with Crippen molar-refractivity contribution >= 4 is 57.6 Å². The highest BCUT2D eigenvalue weighted by molar-refractivity contribution is 6.10. The van der Waals surface area contributed by atoms with Crippen LogP contribution in [0.5, 0.6) is 46.0 Å². The molecular formula is C70H52F18N6O11. The van der Waals surface area contributed by atoms with Crippen LogP contribution in [0.3, 0.4) is 0 Å². The fraction of sp³-hybridized carbons (Fsp3) is 0.171. The highest BCUT2D eigenvalue weighted by Crippen LogP contribution is 2.61. The quantitative estimate of drug-likeness (QED) is 0.0175. The number of nitrogen functional groups attached to an aromatic ring is 1. The SMILES string of the molecule is CNc1cc(C(c2ccc(O)c(N)c2)(C(F)(F)F)C(F)(F)F)ccc1O.CNc1cc(C(c2ccc(O)c(NC(=O)c3cccc(C(=O)Nc4cc(C(c5ccc(O)c(NC(=O)c6ccc(Oc7ccc(C(C)=O)cc7)cc6)c5)(C(F)(F)F)C(F)(F)F)ccc4O)c3)c2)(C(F)(F)F)C(F)(F)F)ccc1O. The fourth-order valence-electron chi connectivity index (χ4n) is 11.2. The standard InChI is InChI=1S/C54H38F12N4O9.C16H14F6N2O2/c1-27(71)28-6-14-36(15-7-28)79-37-16-8-29(9-17-37)46(76)68-39-24-34(12-19-43(39)73)50(53(61,62)63,54(64,65)66)35-13-21-45(75)41(26-35)70-48(78)31-5-3-4-30(22-31)47(77)69-40-25-33(11-20-44(40)74)49(51(55,56)57,52(58,59)60)32-10-18-42(72)38(23-32)67-2;1-24-11-7-9(3-5-13(11)26)14(15(17,18)19,16(20,21)22)8-2-4-12(25)10(23)6-8/h3-26,67,72-75H,1-2H3,(H,68,76)(H,69,77)(H,70,78);2-7,24-26H,23H2,1H3. The van der Waals surface area contributed by atoms with Gasteiger partial charge in [-0.1, -0.05) is 42.5 Å². The van der Waals surface area contributed by atoms with Gasteiger partial charge in [0.05, 0.1) is 34.1 Å². The van der Waals surface area contributed by atoms with Crippen LogP contribution < -0.4 is 37.1 Å². The summed E-state index contributed by atoms with van der Waals surface area (Å²) in [7, 11) is 2.35. The number of nitrogens with one attached hydrogen (secondary N) is 5. The minimum atomic E-state index is -6.32. The highest BCUT2D eigenvalue weighted by atomic mass is 19.4. The Morgan fingerprint density at radius 1 is 0.314 bits per heavy atom. The maximum absolute atomic E-state index is 15.4. The Morgan fingerprint density at radius 3 is 0.829 bits per heavy atom. The van der Waals surface area contributed by atoms with E-state index in [9.17, 15) is 103 Å². The van der Waals surface area contributed by atoms with Crippen LogP contribution in [0, 0.1) is 0 Å². The molecule has 554 valence electrons. The fourth-order valence-corrected chi connectivity index (χ4v) is 11.2. The summed E-state index contributed by atoms with van der Waals surface area (Å²) in [4.78, 5) is 52.0. The molecular weight excluding hydrogens is 1440 g/mol. The smallest absolute Gasteiger partial charge is 0.411 e. The number of alkyl halides is 18. The molecule has 0 aromatic heterocycles. The molecule has 105 heavy (non-hydrogen) atoms. The second-order valence-corrected chi connectivity index (χ2v) is 22.8. The number of phenolic OH excluding ortho intramolecular Hbond substituents is 6. The van der Waals surface area contributed by atoms with Gasteiger partial charge < -0.3 is 67.7 Å². The van der Waals surface area contributed by atoms with Gasteiger partial charge in [0, 0.05) is 36.3 Å². The first-order valence-corrected chi connectivity index (χ1v) is 29.6. The van der Waals surface area contributed by atoms with Crippen molar-refractivity contribution in [1.82, 2.24) is 0 Å². The Bertz CT molecular complexity index is 4730. The number of halogens is 18. The summed E-state index contributed by atoms with van der Waals surface area (Å²) in [6.45, 7) is 1.36. The third kappa shape index (κ3) is 15.0. The maximum Gasteiger partial charge on any atom is 0.411 e. The van der Waals surface area contributed by atoms with E-state index in [4.69, 9.17) is 10.5 Å².